The van der Waals surface area contributed by atoms with Crippen molar-refractivity contribution in [2.45, 2.75) is 25.4 Å². The number of hydrogen-bond acceptors (Lipinski definition) is 6. The normalized spacial score (nSPS) is 20.3. The number of aromatic nitrogens is 5. The van der Waals surface area contributed by atoms with Gasteiger partial charge in [-0.1, -0.05) is 29.3 Å². The van der Waals surface area contributed by atoms with Gasteiger partial charge in [0.25, 0.3) is 0 Å². The van der Waals surface area contributed by atoms with Crippen molar-refractivity contribution in [2.75, 3.05) is 13.2 Å². The number of aryl methyl sites for hydroxylation is 1. The maximum absolute atomic E-state index is 6.50. The number of benzene rings is 2. The van der Waals surface area contributed by atoms with Gasteiger partial charge in [-0.2, -0.15) is 10.2 Å². The molecule has 33 heavy (non-hydrogen) atoms. The van der Waals surface area contributed by atoms with Crippen LogP contribution in [0, 0.1) is 6.92 Å². The molecule has 3 heterocycles. The molecule has 1 aliphatic rings. The zero-order chi connectivity index (χ0) is 22.8. The van der Waals surface area contributed by atoms with Crippen LogP contribution in [0.1, 0.15) is 11.3 Å². The highest BCUT2D eigenvalue weighted by atomic mass is 35.5. The molecule has 5 rings (SSSR count). The quantitative estimate of drug-likeness (QED) is 0.385. The number of rotatable bonds is 7. The molecule has 0 radical (unpaired) electrons. The molecule has 8 nitrogen and oxygen atoms in total. The summed E-state index contributed by atoms with van der Waals surface area (Å²) in [5.74, 6) is -0.407. The van der Waals surface area contributed by atoms with E-state index in [2.05, 4.69) is 15.2 Å². The minimum Gasteiger partial charge on any atom is -0.491 e. The Morgan fingerprint density at radius 3 is 2.70 bits per heavy atom. The van der Waals surface area contributed by atoms with Gasteiger partial charge < -0.3 is 14.2 Å². The highest BCUT2D eigenvalue weighted by Crippen LogP contribution is 2.40. The van der Waals surface area contributed by atoms with Crippen LogP contribution in [0.4, 0.5) is 0 Å². The highest BCUT2D eigenvalue weighted by Gasteiger charge is 2.45. The Balaban J connectivity index is 1.29. The first-order chi connectivity index (χ1) is 16.0. The molecule has 2 atom stereocenters. The predicted octanol–water partition coefficient (Wildman–Crippen LogP) is 4.43. The van der Waals surface area contributed by atoms with E-state index < -0.39 is 5.79 Å². The fourth-order valence-electron chi connectivity index (χ4n) is 3.73. The smallest absolute Gasteiger partial charge is 0.217 e. The molecule has 0 amide bonds. The monoisotopic (exact) mass is 485 g/mol. The zero-order valence-corrected chi connectivity index (χ0v) is 19.3. The summed E-state index contributed by atoms with van der Waals surface area (Å²) in [5, 5.41) is 9.59. The van der Waals surface area contributed by atoms with Gasteiger partial charge >= 0.3 is 0 Å². The fourth-order valence-corrected chi connectivity index (χ4v) is 4.28. The SMILES string of the molecule is Cc1ccn(-c2ccc(OC[C@@H]3CO[C@@](Cn4cncn4)(c4ccc(Cl)cc4Cl)O3)cc2)n1. The third kappa shape index (κ3) is 4.74. The van der Waals surface area contributed by atoms with Crippen LogP contribution < -0.4 is 4.74 Å². The molecule has 2 aromatic heterocycles. The summed E-state index contributed by atoms with van der Waals surface area (Å²) in [4.78, 5) is 4.01. The van der Waals surface area contributed by atoms with Gasteiger partial charge in [-0.3, -0.25) is 0 Å². The maximum Gasteiger partial charge on any atom is 0.217 e. The Kier molecular flexibility index (Phi) is 6.07. The predicted molar refractivity (Wildman–Crippen MR) is 123 cm³/mol. The first-order valence-corrected chi connectivity index (χ1v) is 11.1. The summed E-state index contributed by atoms with van der Waals surface area (Å²) in [6.07, 6.45) is 4.67. The van der Waals surface area contributed by atoms with Crippen molar-refractivity contribution < 1.29 is 14.2 Å². The lowest BCUT2D eigenvalue weighted by molar-refractivity contribution is -0.190. The molecule has 1 fully saturated rings. The second-order valence-corrected chi connectivity index (χ2v) is 8.57. The molecule has 0 bridgehead atoms. The van der Waals surface area contributed by atoms with Gasteiger partial charge in [-0.05, 0) is 49.4 Å². The molecule has 0 N–H and O–H groups in total. The number of ether oxygens (including phenoxy) is 3. The molecule has 4 aromatic rings. The Bertz CT molecular complexity index is 1230. The molecule has 0 spiro atoms. The van der Waals surface area contributed by atoms with E-state index in [0.717, 1.165) is 17.1 Å². The Morgan fingerprint density at radius 1 is 1.15 bits per heavy atom. The van der Waals surface area contributed by atoms with Crippen LogP contribution in [0.2, 0.25) is 10.0 Å². The van der Waals surface area contributed by atoms with Crippen molar-refractivity contribution in [1.29, 1.82) is 0 Å². The molecule has 170 valence electrons. The van der Waals surface area contributed by atoms with Gasteiger partial charge in [-0.25, -0.2) is 14.3 Å². The number of nitrogens with zero attached hydrogens (tertiary/aromatic N) is 5. The lowest BCUT2D eigenvalue weighted by Crippen LogP contribution is -2.35. The van der Waals surface area contributed by atoms with Gasteiger partial charge in [-0.15, -0.1) is 0 Å². The van der Waals surface area contributed by atoms with Crippen molar-refractivity contribution in [1.82, 2.24) is 24.5 Å². The van der Waals surface area contributed by atoms with Crippen molar-refractivity contribution >= 4 is 23.2 Å². The van der Waals surface area contributed by atoms with Crippen LogP contribution >= 0.6 is 23.2 Å². The van der Waals surface area contributed by atoms with Gasteiger partial charge in [0.05, 0.1) is 23.0 Å². The van der Waals surface area contributed by atoms with E-state index in [0.29, 0.717) is 28.8 Å². The van der Waals surface area contributed by atoms with Crippen LogP contribution in [0.5, 0.6) is 5.75 Å². The van der Waals surface area contributed by atoms with E-state index in [1.165, 1.54) is 6.33 Å². The average Bonchev–Trinajstić information content (AvgIpc) is 3.55. The minimum absolute atomic E-state index is 0.281. The standard InChI is InChI=1S/C23H21Cl2N5O3/c1-16-8-9-30(28-16)18-3-5-19(6-4-18)31-11-20-12-32-23(33-20,13-29-15-26-14-27-29)21-7-2-17(24)10-22(21)25/h2-10,14-15,20H,11-13H2,1H3/t20-,23-/m1/s1. The summed E-state index contributed by atoms with van der Waals surface area (Å²) in [5.41, 5.74) is 2.59. The van der Waals surface area contributed by atoms with Crippen LogP contribution in [-0.2, 0) is 21.8 Å². The molecular weight excluding hydrogens is 465 g/mol. The fraction of sp³-hybridized carbons (Fsp3) is 0.261. The summed E-state index contributed by atoms with van der Waals surface area (Å²) in [7, 11) is 0. The van der Waals surface area contributed by atoms with Crippen molar-refractivity contribution in [3.63, 3.8) is 0 Å². The van der Waals surface area contributed by atoms with E-state index in [1.54, 1.807) is 29.2 Å². The van der Waals surface area contributed by atoms with Gasteiger partial charge in [0.2, 0.25) is 5.79 Å². The average molecular weight is 486 g/mol. The second-order valence-electron chi connectivity index (χ2n) is 7.73. The van der Waals surface area contributed by atoms with Crippen LogP contribution in [0.25, 0.3) is 5.69 Å². The molecule has 1 aliphatic heterocycles. The first kappa shape index (κ1) is 21.9. The van der Waals surface area contributed by atoms with Crippen LogP contribution in [0.3, 0.4) is 0 Å². The van der Waals surface area contributed by atoms with Crippen LogP contribution in [-0.4, -0.2) is 43.9 Å². The highest BCUT2D eigenvalue weighted by molar-refractivity contribution is 6.35. The second kappa shape index (κ2) is 9.15. The van der Waals surface area contributed by atoms with Gasteiger partial charge in [0.1, 0.15) is 37.7 Å². The lowest BCUT2D eigenvalue weighted by Gasteiger charge is -2.29. The first-order valence-electron chi connectivity index (χ1n) is 10.4. The maximum atomic E-state index is 6.50. The molecule has 1 saturated heterocycles. The third-order valence-corrected chi connectivity index (χ3v) is 5.85. The van der Waals surface area contributed by atoms with E-state index >= 15 is 0 Å². The lowest BCUT2D eigenvalue weighted by atomic mass is 10.1. The molecule has 2 aromatic carbocycles. The summed E-state index contributed by atoms with van der Waals surface area (Å²) >= 11 is 12.6. The van der Waals surface area contributed by atoms with Gasteiger partial charge in [0.15, 0.2) is 0 Å². The zero-order valence-electron chi connectivity index (χ0n) is 17.8. The number of hydrogen-bond donors (Lipinski definition) is 0. The van der Waals surface area contributed by atoms with E-state index in [1.807, 2.05) is 48.1 Å². The Hall–Kier alpha value is -2.91. The van der Waals surface area contributed by atoms with Gasteiger partial charge in [0, 0.05) is 16.8 Å². The van der Waals surface area contributed by atoms with Crippen molar-refractivity contribution in [3.05, 3.63) is 88.7 Å². The molecular formula is C23H21Cl2N5O3. The molecule has 0 saturated carbocycles. The topological polar surface area (TPSA) is 76.2 Å². The summed E-state index contributed by atoms with van der Waals surface area (Å²) in [6.45, 7) is 2.88. The minimum atomic E-state index is -1.13. The van der Waals surface area contributed by atoms with E-state index in [-0.39, 0.29) is 12.6 Å². The molecule has 0 unspecified atom stereocenters. The largest absolute Gasteiger partial charge is 0.491 e. The third-order valence-electron chi connectivity index (χ3n) is 5.30. The van der Waals surface area contributed by atoms with Crippen LogP contribution in [0.15, 0.2) is 67.4 Å². The van der Waals surface area contributed by atoms with E-state index in [4.69, 9.17) is 37.4 Å². The Morgan fingerprint density at radius 2 is 2.00 bits per heavy atom. The summed E-state index contributed by atoms with van der Waals surface area (Å²) in [6, 6.07) is 14.9. The Labute approximate surface area is 200 Å². The molecule has 10 heteroatoms. The summed E-state index contributed by atoms with van der Waals surface area (Å²) < 4.78 is 22.0. The number of halogens is 2. The van der Waals surface area contributed by atoms with Crippen molar-refractivity contribution in [2.24, 2.45) is 0 Å². The van der Waals surface area contributed by atoms with E-state index in [9.17, 15) is 0 Å². The van der Waals surface area contributed by atoms with Crippen molar-refractivity contribution in [3.8, 4) is 11.4 Å². The molecule has 0 aliphatic carbocycles.